The Labute approximate surface area is 198 Å². The standard InChI is InChI=1S/C25H31FN4O4/c1-16(29-25(31)33-14-18-4-5-18)19-6-8-20(9-7-19)34-21-10-11-30(12-21)23-22(26)24(28-15-27-23)32-13-17-2-3-17/h6-9,15-18,21H,2-5,10-14H2,1H3,(H,29,31)/t16-,21+/m0/s1. The molecule has 182 valence electrons. The largest absolute Gasteiger partial charge is 0.489 e. The summed E-state index contributed by atoms with van der Waals surface area (Å²) in [5.41, 5.74) is 0.963. The van der Waals surface area contributed by atoms with E-state index in [1.54, 1.807) is 0 Å². The van der Waals surface area contributed by atoms with Crippen molar-refractivity contribution in [3.63, 3.8) is 0 Å². The van der Waals surface area contributed by atoms with Crippen LogP contribution in [-0.4, -0.2) is 48.5 Å². The van der Waals surface area contributed by atoms with Gasteiger partial charge in [-0.05, 0) is 62.1 Å². The van der Waals surface area contributed by atoms with Crippen LogP contribution in [0.25, 0.3) is 0 Å². The molecule has 0 bridgehead atoms. The normalized spacial score (nSPS) is 20.6. The van der Waals surface area contributed by atoms with Crippen molar-refractivity contribution < 1.29 is 23.4 Å². The first-order chi connectivity index (χ1) is 16.5. The average molecular weight is 471 g/mol. The Morgan fingerprint density at radius 1 is 1.12 bits per heavy atom. The van der Waals surface area contributed by atoms with E-state index in [-0.39, 0.29) is 29.9 Å². The minimum absolute atomic E-state index is 0.0241. The van der Waals surface area contributed by atoms with E-state index in [1.807, 2.05) is 36.1 Å². The van der Waals surface area contributed by atoms with Crippen LogP contribution in [0.4, 0.5) is 15.0 Å². The van der Waals surface area contributed by atoms with Gasteiger partial charge in [-0.25, -0.2) is 9.78 Å². The molecule has 2 aromatic rings. The molecule has 9 heteroatoms. The number of nitrogens with zero attached hydrogens (tertiary/aromatic N) is 3. The van der Waals surface area contributed by atoms with Gasteiger partial charge in [-0.1, -0.05) is 12.1 Å². The fourth-order valence-corrected chi connectivity index (χ4v) is 3.97. The van der Waals surface area contributed by atoms with Crippen LogP contribution in [0.2, 0.25) is 0 Å². The monoisotopic (exact) mass is 470 g/mol. The van der Waals surface area contributed by atoms with Crippen molar-refractivity contribution >= 4 is 11.9 Å². The predicted octanol–water partition coefficient (Wildman–Crippen LogP) is 4.26. The van der Waals surface area contributed by atoms with Gasteiger partial charge >= 0.3 is 6.09 Å². The lowest BCUT2D eigenvalue weighted by molar-refractivity contribution is 0.138. The van der Waals surface area contributed by atoms with Crippen LogP contribution in [0.1, 0.15) is 50.6 Å². The number of rotatable bonds is 10. The van der Waals surface area contributed by atoms with Gasteiger partial charge < -0.3 is 24.4 Å². The summed E-state index contributed by atoms with van der Waals surface area (Å²) in [5.74, 6) is 1.57. The summed E-state index contributed by atoms with van der Waals surface area (Å²) in [4.78, 5) is 21.9. The maximum absolute atomic E-state index is 14.9. The molecule has 1 amide bonds. The topological polar surface area (TPSA) is 85.8 Å². The summed E-state index contributed by atoms with van der Waals surface area (Å²) in [6.45, 7) is 4.09. The van der Waals surface area contributed by atoms with Gasteiger partial charge in [0.25, 0.3) is 5.88 Å². The number of alkyl carbamates (subject to hydrolysis) is 1. The minimum Gasteiger partial charge on any atom is -0.489 e. The van der Waals surface area contributed by atoms with E-state index in [9.17, 15) is 9.18 Å². The molecule has 8 nitrogen and oxygen atoms in total. The third-order valence-corrected chi connectivity index (χ3v) is 6.50. The van der Waals surface area contributed by atoms with Gasteiger partial charge in [0.05, 0.1) is 25.8 Å². The number of anilines is 1. The third kappa shape index (κ3) is 5.87. The third-order valence-electron chi connectivity index (χ3n) is 6.50. The lowest BCUT2D eigenvalue weighted by atomic mass is 10.1. The van der Waals surface area contributed by atoms with Crippen molar-refractivity contribution in [2.45, 2.75) is 51.2 Å². The van der Waals surface area contributed by atoms with E-state index in [4.69, 9.17) is 14.2 Å². The second-order valence-electron chi connectivity index (χ2n) is 9.52. The number of nitrogens with one attached hydrogen (secondary N) is 1. The van der Waals surface area contributed by atoms with Crippen molar-refractivity contribution in [3.8, 4) is 11.6 Å². The molecule has 2 atom stereocenters. The molecule has 34 heavy (non-hydrogen) atoms. The van der Waals surface area contributed by atoms with Crippen LogP contribution in [-0.2, 0) is 4.74 Å². The Morgan fingerprint density at radius 2 is 1.85 bits per heavy atom. The quantitative estimate of drug-likeness (QED) is 0.555. The molecule has 2 heterocycles. The second-order valence-corrected chi connectivity index (χ2v) is 9.52. The first-order valence-corrected chi connectivity index (χ1v) is 12.1. The van der Waals surface area contributed by atoms with Crippen LogP contribution in [0, 0.1) is 17.7 Å². The zero-order chi connectivity index (χ0) is 23.5. The molecular weight excluding hydrogens is 439 g/mol. The molecular formula is C25H31FN4O4. The molecule has 0 unspecified atom stereocenters. The summed E-state index contributed by atoms with van der Waals surface area (Å²) in [6.07, 6.45) is 6.20. The van der Waals surface area contributed by atoms with Crippen molar-refractivity contribution in [1.29, 1.82) is 0 Å². The number of carbonyl (C=O) groups is 1. The van der Waals surface area contributed by atoms with Gasteiger partial charge in [0, 0.05) is 13.0 Å². The minimum atomic E-state index is -0.509. The van der Waals surface area contributed by atoms with E-state index in [1.165, 1.54) is 6.33 Å². The van der Waals surface area contributed by atoms with Crippen LogP contribution < -0.4 is 19.7 Å². The van der Waals surface area contributed by atoms with Crippen LogP contribution in [0.15, 0.2) is 30.6 Å². The Balaban J connectivity index is 1.11. The number of halogens is 1. The highest BCUT2D eigenvalue weighted by Crippen LogP contribution is 2.32. The Bertz CT molecular complexity index is 997. The van der Waals surface area contributed by atoms with Gasteiger partial charge in [-0.2, -0.15) is 9.37 Å². The van der Waals surface area contributed by atoms with Gasteiger partial charge in [-0.15, -0.1) is 0 Å². The first kappa shape index (κ1) is 22.7. The predicted molar refractivity (Wildman–Crippen MR) is 124 cm³/mol. The molecule has 3 aliphatic rings. The molecule has 2 saturated carbocycles. The van der Waals surface area contributed by atoms with Gasteiger partial charge in [0.15, 0.2) is 5.82 Å². The molecule has 3 fully saturated rings. The smallest absolute Gasteiger partial charge is 0.407 e. The number of hydrogen-bond acceptors (Lipinski definition) is 7. The number of ether oxygens (including phenoxy) is 3. The number of aromatic nitrogens is 2. The first-order valence-electron chi connectivity index (χ1n) is 12.1. The van der Waals surface area contributed by atoms with Crippen molar-refractivity contribution in [2.24, 2.45) is 11.8 Å². The lowest BCUT2D eigenvalue weighted by Crippen LogP contribution is -2.28. The highest BCUT2D eigenvalue weighted by Gasteiger charge is 2.29. The average Bonchev–Trinajstić information content (AvgIpc) is 3.77. The van der Waals surface area contributed by atoms with Crippen LogP contribution in [0.3, 0.4) is 0 Å². The van der Waals surface area contributed by atoms with E-state index in [2.05, 4.69) is 15.3 Å². The SMILES string of the molecule is C[C@H](NC(=O)OCC1CC1)c1ccc(O[C@@H]2CCN(c3ncnc(OCC4CC4)c3F)C2)cc1. The molecule has 0 radical (unpaired) electrons. The number of hydrogen-bond donors (Lipinski definition) is 1. The van der Waals surface area contributed by atoms with E-state index < -0.39 is 5.82 Å². The maximum atomic E-state index is 14.9. The molecule has 1 N–H and O–H groups in total. The van der Waals surface area contributed by atoms with Gasteiger partial charge in [0.1, 0.15) is 18.2 Å². The molecule has 1 aromatic heterocycles. The van der Waals surface area contributed by atoms with Crippen molar-refractivity contribution in [2.75, 3.05) is 31.2 Å². The van der Waals surface area contributed by atoms with E-state index in [0.717, 1.165) is 43.4 Å². The number of benzene rings is 1. The summed E-state index contributed by atoms with van der Waals surface area (Å²) in [7, 11) is 0. The Kier molecular flexibility index (Phi) is 6.69. The van der Waals surface area contributed by atoms with E-state index in [0.29, 0.717) is 38.1 Å². The lowest BCUT2D eigenvalue weighted by Gasteiger charge is -2.19. The maximum Gasteiger partial charge on any atom is 0.407 e. The summed E-state index contributed by atoms with van der Waals surface area (Å²) in [6, 6.07) is 7.48. The molecule has 1 aliphatic heterocycles. The van der Waals surface area contributed by atoms with Crippen molar-refractivity contribution in [1.82, 2.24) is 15.3 Å². The van der Waals surface area contributed by atoms with Gasteiger partial charge in [-0.3, -0.25) is 0 Å². The molecule has 2 aliphatic carbocycles. The highest BCUT2D eigenvalue weighted by atomic mass is 19.1. The number of carbonyl (C=O) groups excluding carboxylic acids is 1. The zero-order valence-electron chi connectivity index (χ0n) is 19.4. The molecule has 5 rings (SSSR count). The van der Waals surface area contributed by atoms with E-state index >= 15 is 0 Å². The summed E-state index contributed by atoms with van der Waals surface area (Å²) in [5, 5.41) is 2.86. The number of amides is 1. The second kappa shape index (κ2) is 10.0. The summed E-state index contributed by atoms with van der Waals surface area (Å²) < 4.78 is 31.8. The molecule has 1 aromatic carbocycles. The Hall–Kier alpha value is -3.10. The molecule has 1 saturated heterocycles. The van der Waals surface area contributed by atoms with Gasteiger partial charge in [0.2, 0.25) is 5.82 Å². The highest BCUT2D eigenvalue weighted by molar-refractivity contribution is 5.67. The molecule has 0 spiro atoms. The van der Waals surface area contributed by atoms with Crippen LogP contribution in [0.5, 0.6) is 11.6 Å². The van der Waals surface area contributed by atoms with Crippen molar-refractivity contribution in [3.05, 3.63) is 42.0 Å². The zero-order valence-corrected chi connectivity index (χ0v) is 19.4. The Morgan fingerprint density at radius 3 is 2.59 bits per heavy atom. The summed E-state index contributed by atoms with van der Waals surface area (Å²) >= 11 is 0. The fourth-order valence-electron chi connectivity index (χ4n) is 3.97. The van der Waals surface area contributed by atoms with Crippen LogP contribution >= 0.6 is 0 Å². The fraction of sp³-hybridized carbons (Fsp3) is 0.560.